The number of nitrogens with one attached hydrogen (secondary N) is 4. The largest absolute Gasteiger partial charge is 0.395 e. The van der Waals surface area contributed by atoms with Gasteiger partial charge < -0.3 is 36.4 Å². The van der Waals surface area contributed by atoms with Crippen LogP contribution in [0.2, 0.25) is 0 Å². The first-order chi connectivity index (χ1) is 23.0. The Morgan fingerprint density at radius 2 is 1.79 bits per heavy atom. The fourth-order valence-corrected chi connectivity index (χ4v) is 6.11. The zero-order valence-electron chi connectivity index (χ0n) is 28.2. The minimum atomic E-state index is -1.01. The second kappa shape index (κ2) is 24.3. The van der Waals surface area contributed by atoms with E-state index in [-0.39, 0.29) is 53.8 Å². The lowest BCUT2D eigenvalue weighted by Gasteiger charge is -2.44. The number of nitrogens with zero attached hydrogens (tertiary/aromatic N) is 1. The van der Waals surface area contributed by atoms with Crippen molar-refractivity contribution in [2.75, 3.05) is 25.7 Å². The summed E-state index contributed by atoms with van der Waals surface area (Å²) >= 11 is 3.99. The summed E-state index contributed by atoms with van der Waals surface area (Å²) in [6.45, 7) is 8.34. The van der Waals surface area contributed by atoms with E-state index in [4.69, 9.17) is 10.9 Å². The van der Waals surface area contributed by atoms with Crippen LogP contribution in [0.1, 0.15) is 51.9 Å². The summed E-state index contributed by atoms with van der Waals surface area (Å²) < 4.78 is 1.47. The van der Waals surface area contributed by atoms with Crippen molar-refractivity contribution in [2.24, 2.45) is 28.6 Å². The fourth-order valence-electron chi connectivity index (χ4n) is 5.76. The van der Waals surface area contributed by atoms with Crippen LogP contribution in [0, 0.1) is 17.8 Å². The standard InChI is InChI=1S/C18H27N3O2.C11H16N4O5S.C2H4.CH4S/c1-12-9-13-5-3-6-14(10-13)17(12)20-16(22)11-21-8-4-7-15(19-2)18(21)23;1-14-10(19)8(18)3-2-6(4-16)15-11(20)9(21-13)7(12)5-17;2*1-2/h4,7-8,12-14,17,19H,3,5-6,9-11H2,1-2H3,(H,20,22);4-6H,2-3,12-13H2,1H3,(H,14,19)(H,15,20);1-2H2;2H,1H3/b;9-7-;;. The van der Waals surface area contributed by atoms with Crippen LogP contribution in [-0.2, 0) is 35.3 Å². The van der Waals surface area contributed by atoms with E-state index < -0.39 is 23.6 Å². The maximum absolute atomic E-state index is 12.4. The number of carbonyl (C=O) groups is 6. The molecule has 1 aromatic rings. The van der Waals surface area contributed by atoms with Crippen LogP contribution in [0.4, 0.5) is 5.69 Å². The highest BCUT2D eigenvalue weighted by molar-refractivity contribution is 8.01. The molecule has 16 heteroatoms. The van der Waals surface area contributed by atoms with Gasteiger partial charge in [0.15, 0.2) is 6.29 Å². The number of carbonyl (C=O) groups excluding carboxylic acids is 6. The highest BCUT2D eigenvalue weighted by Crippen LogP contribution is 2.42. The van der Waals surface area contributed by atoms with E-state index in [0.29, 0.717) is 35.8 Å². The SMILES string of the molecule is C=C.CNC(=O)C(=O)CCC(C=O)NC(=O)/C(SN)=C(/N)C=O.CNc1cccn(CC(=O)NC2C(C)CC3CCCC2C3)c1=O.CS. The highest BCUT2D eigenvalue weighted by Gasteiger charge is 2.38. The average molecular weight is 710 g/mol. The molecule has 14 nitrogen and oxygen atoms in total. The first-order valence-corrected chi connectivity index (χ1v) is 17.2. The Kier molecular flexibility index (Phi) is 22.3. The molecule has 2 aliphatic rings. The molecular weight excluding hydrogens is 659 g/mol. The zero-order chi connectivity index (χ0) is 36.8. The number of hydrogen-bond donors (Lipinski definition) is 7. The average Bonchev–Trinajstić information content (AvgIpc) is 3.11. The molecule has 0 saturated heterocycles. The summed E-state index contributed by atoms with van der Waals surface area (Å²) in [6, 6.07) is 2.77. The van der Waals surface area contributed by atoms with Crippen molar-refractivity contribution in [1.29, 1.82) is 0 Å². The molecule has 0 aliphatic heterocycles. The lowest BCUT2D eigenvalue weighted by molar-refractivity contribution is -0.137. The number of hydrogen-bond acceptors (Lipinski definition) is 12. The van der Waals surface area contributed by atoms with Crippen molar-refractivity contribution in [3.8, 4) is 0 Å². The van der Waals surface area contributed by atoms with E-state index >= 15 is 0 Å². The number of Topliss-reactive ketones (excluding diaryl/α,β-unsaturated/α-hetero) is 1. The van der Waals surface area contributed by atoms with Gasteiger partial charge in [0, 0.05) is 32.8 Å². The van der Waals surface area contributed by atoms with Crippen LogP contribution in [0.25, 0.3) is 0 Å². The first kappa shape index (κ1) is 44.1. The molecular formula is C32H51N7O7S2. The number of pyridine rings is 1. The predicted octanol–water partition coefficient (Wildman–Crippen LogP) is 1.31. The summed E-state index contributed by atoms with van der Waals surface area (Å²) in [6.07, 6.45) is 10.1. The second-order valence-corrected chi connectivity index (χ2v) is 11.6. The molecule has 268 valence electrons. The molecule has 2 bridgehead atoms. The quantitative estimate of drug-likeness (QED) is 0.0386. The summed E-state index contributed by atoms with van der Waals surface area (Å²) in [4.78, 5) is 79.8. The van der Waals surface area contributed by atoms with Crippen molar-refractivity contribution in [1.82, 2.24) is 20.5 Å². The van der Waals surface area contributed by atoms with Crippen molar-refractivity contribution >= 4 is 66.3 Å². The van der Waals surface area contributed by atoms with Gasteiger partial charge in [0.05, 0.1) is 11.7 Å². The first-order valence-electron chi connectivity index (χ1n) is 15.4. The summed E-state index contributed by atoms with van der Waals surface area (Å²) in [5, 5.41) is 15.7. The number of ketones is 1. The molecule has 0 spiro atoms. The maximum Gasteiger partial charge on any atom is 0.287 e. The van der Waals surface area contributed by atoms with Gasteiger partial charge >= 0.3 is 0 Å². The molecule has 1 aromatic heterocycles. The van der Waals surface area contributed by atoms with Crippen LogP contribution < -0.4 is 37.7 Å². The second-order valence-electron chi connectivity index (χ2n) is 11.0. The van der Waals surface area contributed by atoms with Crippen LogP contribution in [0.3, 0.4) is 0 Å². The molecule has 2 aliphatic carbocycles. The lowest BCUT2D eigenvalue weighted by atomic mass is 9.65. The number of nitrogens with two attached hydrogens (primary N) is 2. The van der Waals surface area contributed by atoms with Gasteiger partial charge in [-0.2, -0.15) is 12.6 Å². The summed E-state index contributed by atoms with van der Waals surface area (Å²) in [5.41, 5.74) is 5.27. The molecule has 8 N–H and O–H groups in total. The predicted molar refractivity (Wildman–Crippen MR) is 193 cm³/mol. The Balaban J connectivity index is 0.000000839. The molecule has 0 aromatic carbocycles. The van der Waals surface area contributed by atoms with E-state index in [1.807, 2.05) is 0 Å². The number of rotatable bonds is 13. The number of likely N-dealkylation sites (N-methyl/N-ethyl adjacent to an activating group) is 1. The number of thiol groups is 1. The van der Waals surface area contributed by atoms with Crippen molar-refractivity contribution < 1.29 is 28.8 Å². The van der Waals surface area contributed by atoms with E-state index in [9.17, 15) is 33.6 Å². The topological polar surface area (TPSA) is 225 Å². The van der Waals surface area contributed by atoms with Gasteiger partial charge in [-0.05, 0) is 73.8 Å². The Morgan fingerprint density at radius 1 is 1.12 bits per heavy atom. The van der Waals surface area contributed by atoms with Gasteiger partial charge in [-0.1, -0.05) is 19.8 Å². The third kappa shape index (κ3) is 14.1. The van der Waals surface area contributed by atoms with Gasteiger partial charge in [0.1, 0.15) is 23.4 Å². The number of amides is 3. The van der Waals surface area contributed by atoms with Crippen LogP contribution in [0.15, 0.2) is 46.9 Å². The monoisotopic (exact) mass is 709 g/mol. The van der Waals surface area contributed by atoms with E-state index in [2.05, 4.69) is 54.0 Å². The summed E-state index contributed by atoms with van der Waals surface area (Å²) in [7, 11) is 3.02. The van der Waals surface area contributed by atoms with Gasteiger partial charge in [0.25, 0.3) is 17.4 Å². The maximum atomic E-state index is 12.4. The number of aldehydes is 2. The van der Waals surface area contributed by atoms with Gasteiger partial charge in [-0.25, -0.2) is 0 Å². The van der Waals surface area contributed by atoms with E-state index in [1.54, 1.807) is 31.6 Å². The van der Waals surface area contributed by atoms with Crippen molar-refractivity contribution in [2.45, 2.75) is 70.5 Å². The Hall–Kier alpha value is -3.89. The van der Waals surface area contributed by atoms with Crippen molar-refractivity contribution in [3.63, 3.8) is 0 Å². The number of fused-ring (bicyclic) bond motifs is 2. The summed E-state index contributed by atoms with van der Waals surface area (Å²) in [5.74, 6) is -0.362. The molecule has 5 unspecified atom stereocenters. The molecule has 2 saturated carbocycles. The number of aromatic nitrogens is 1. The number of anilines is 1. The third-order valence-electron chi connectivity index (χ3n) is 7.94. The minimum absolute atomic E-state index is 0.0544. The van der Waals surface area contributed by atoms with Gasteiger partial charge in [-0.3, -0.25) is 33.9 Å². The molecule has 1 heterocycles. The lowest BCUT2D eigenvalue weighted by Crippen LogP contribution is -2.50. The van der Waals surface area contributed by atoms with Crippen LogP contribution >= 0.6 is 24.6 Å². The zero-order valence-corrected chi connectivity index (χ0v) is 29.9. The van der Waals surface area contributed by atoms with Crippen LogP contribution in [0.5, 0.6) is 0 Å². The number of allylic oxidation sites excluding steroid dienone is 1. The molecule has 48 heavy (non-hydrogen) atoms. The fraction of sp³-hybridized carbons (Fsp3) is 0.531. The van der Waals surface area contributed by atoms with Crippen molar-refractivity contribution in [3.05, 3.63) is 52.4 Å². The molecule has 0 radical (unpaired) electrons. The van der Waals surface area contributed by atoms with Gasteiger partial charge in [-0.15, -0.1) is 13.2 Å². The Bertz CT molecular complexity index is 1320. The van der Waals surface area contributed by atoms with E-state index in [1.165, 1.54) is 43.7 Å². The van der Waals surface area contributed by atoms with Crippen LogP contribution in [-0.4, -0.2) is 73.1 Å². The smallest absolute Gasteiger partial charge is 0.287 e. The third-order valence-corrected chi connectivity index (χ3v) is 8.59. The molecule has 3 rings (SSSR count). The molecule has 2 fully saturated rings. The molecule has 5 atom stereocenters. The Labute approximate surface area is 292 Å². The Morgan fingerprint density at radius 3 is 2.35 bits per heavy atom. The minimum Gasteiger partial charge on any atom is -0.395 e. The van der Waals surface area contributed by atoms with Gasteiger partial charge in [0.2, 0.25) is 11.7 Å². The molecule has 3 amide bonds. The highest BCUT2D eigenvalue weighted by atomic mass is 32.2. The van der Waals surface area contributed by atoms with E-state index in [0.717, 1.165) is 5.92 Å². The normalized spacial score (nSPS) is 20.0.